The number of nitrogens with zero attached hydrogens (tertiary/aromatic N) is 3. The summed E-state index contributed by atoms with van der Waals surface area (Å²) in [5, 5.41) is 16.3. The van der Waals surface area contributed by atoms with Crippen LogP contribution in [0.3, 0.4) is 0 Å². The van der Waals surface area contributed by atoms with E-state index >= 15 is 0 Å². The fourth-order valence-electron chi connectivity index (χ4n) is 1.89. The number of hydrogen-bond acceptors (Lipinski definition) is 6. The molecule has 2 heterocycles. The van der Waals surface area contributed by atoms with Gasteiger partial charge in [0.2, 0.25) is 5.91 Å². The predicted octanol–water partition coefficient (Wildman–Crippen LogP) is 2.44. The Kier molecular flexibility index (Phi) is 5.19. The Balaban J connectivity index is 1.83. The van der Waals surface area contributed by atoms with Gasteiger partial charge in [0.05, 0.1) is 4.92 Å². The first-order chi connectivity index (χ1) is 11.0. The number of nitro groups is 1. The van der Waals surface area contributed by atoms with Crippen LogP contribution in [0.25, 0.3) is 0 Å². The summed E-state index contributed by atoms with van der Waals surface area (Å²) in [6.07, 6.45) is 3.09. The molecule has 8 nitrogen and oxygen atoms in total. The number of carbonyl (C=O) groups is 1. The van der Waals surface area contributed by atoms with Gasteiger partial charge in [-0.05, 0) is 31.0 Å². The Hall–Kier alpha value is -3.03. The van der Waals surface area contributed by atoms with Crippen molar-refractivity contribution >= 4 is 23.2 Å². The van der Waals surface area contributed by atoms with Crippen LogP contribution in [0.5, 0.6) is 0 Å². The summed E-state index contributed by atoms with van der Waals surface area (Å²) in [6.45, 7) is 4.00. The van der Waals surface area contributed by atoms with Crippen molar-refractivity contribution in [1.82, 2.24) is 9.97 Å². The molecule has 0 aliphatic rings. The molecule has 0 fully saturated rings. The van der Waals surface area contributed by atoms with Crippen LogP contribution in [-0.2, 0) is 4.79 Å². The van der Waals surface area contributed by atoms with Crippen molar-refractivity contribution in [2.24, 2.45) is 0 Å². The predicted molar refractivity (Wildman–Crippen MR) is 86.3 cm³/mol. The zero-order valence-electron chi connectivity index (χ0n) is 12.9. The highest BCUT2D eigenvalue weighted by molar-refractivity contribution is 5.90. The van der Waals surface area contributed by atoms with Gasteiger partial charge in [0.1, 0.15) is 17.8 Å². The zero-order valence-corrected chi connectivity index (χ0v) is 12.9. The van der Waals surface area contributed by atoms with Crippen LogP contribution < -0.4 is 10.6 Å². The molecule has 0 aromatic carbocycles. The molecule has 2 aromatic heterocycles. The van der Waals surface area contributed by atoms with Crippen LogP contribution in [0.1, 0.15) is 17.5 Å². The van der Waals surface area contributed by atoms with Crippen LogP contribution in [-0.4, -0.2) is 27.3 Å². The normalized spacial score (nSPS) is 10.2. The van der Waals surface area contributed by atoms with E-state index in [0.717, 1.165) is 5.56 Å². The van der Waals surface area contributed by atoms with Gasteiger partial charge in [0, 0.05) is 25.2 Å². The highest BCUT2D eigenvalue weighted by Gasteiger charge is 2.10. The van der Waals surface area contributed by atoms with E-state index in [4.69, 9.17) is 0 Å². The maximum atomic E-state index is 11.8. The van der Waals surface area contributed by atoms with Gasteiger partial charge in [0.25, 0.3) is 5.69 Å². The van der Waals surface area contributed by atoms with Gasteiger partial charge in [0.15, 0.2) is 0 Å². The summed E-state index contributed by atoms with van der Waals surface area (Å²) in [4.78, 5) is 30.1. The van der Waals surface area contributed by atoms with E-state index in [0.29, 0.717) is 23.7 Å². The van der Waals surface area contributed by atoms with Crippen molar-refractivity contribution in [1.29, 1.82) is 0 Å². The third-order valence-corrected chi connectivity index (χ3v) is 3.10. The second-order valence-electron chi connectivity index (χ2n) is 5.06. The molecule has 2 N–H and O–H groups in total. The summed E-state index contributed by atoms with van der Waals surface area (Å²) in [7, 11) is 0. The number of hydrogen-bond donors (Lipinski definition) is 2. The smallest absolute Gasteiger partial charge is 0.287 e. The second kappa shape index (κ2) is 7.30. The topological polar surface area (TPSA) is 110 Å². The number of rotatable bonds is 6. The fraction of sp³-hybridized carbons (Fsp3) is 0.267. The minimum Gasteiger partial charge on any atom is -0.369 e. The summed E-state index contributed by atoms with van der Waals surface area (Å²) in [5.41, 5.74) is 1.61. The van der Waals surface area contributed by atoms with Gasteiger partial charge in [-0.25, -0.2) is 9.97 Å². The average Bonchev–Trinajstić information content (AvgIpc) is 2.51. The molecule has 8 heteroatoms. The fourth-order valence-corrected chi connectivity index (χ4v) is 1.89. The average molecular weight is 315 g/mol. The molecule has 23 heavy (non-hydrogen) atoms. The minimum atomic E-state index is -0.494. The summed E-state index contributed by atoms with van der Waals surface area (Å²) in [6, 6.07) is 5.04. The summed E-state index contributed by atoms with van der Waals surface area (Å²) >= 11 is 0. The third-order valence-electron chi connectivity index (χ3n) is 3.10. The van der Waals surface area contributed by atoms with E-state index in [-0.39, 0.29) is 18.0 Å². The number of nitrogens with one attached hydrogen (secondary N) is 2. The Morgan fingerprint density at radius 3 is 2.65 bits per heavy atom. The molecule has 0 aliphatic carbocycles. The molecule has 0 atom stereocenters. The largest absolute Gasteiger partial charge is 0.369 e. The Morgan fingerprint density at radius 1 is 1.26 bits per heavy atom. The molecule has 2 rings (SSSR count). The van der Waals surface area contributed by atoms with Gasteiger partial charge in [-0.15, -0.1) is 0 Å². The van der Waals surface area contributed by atoms with Crippen LogP contribution >= 0.6 is 0 Å². The molecule has 0 radical (unpaired) electrons. The zero-order chi connectivity index (χ0) is 16.8. The lowest BCUT2D eigenvalue weighted by Gasteiger charge is -2.08. The van der Waals surface area contributed by atoms with Crippen LogP contribution in [0.4, 0.5) is 17.3 Å². The van der Waals surface area contributed by atoms with Gasteiger partial charge in [-0.3, -0.25) is 14.9 Å². The van der Waals surface area contributed by atoms with Crippen LogP contribution in [0.2, 0.25) is 0 Å². The van der Waals surface area contributed by atoms with E-state index in [2.05, 4.69) is 20.6 Å². The minimum absolute atomic E-state index is 0.0590. The molecule has 0 bridgehead atoms. The SMILES string of the molecule is Cc1ccc(NC(=O)CCNc2ncc([N+](=O)[O-])cc2C)nc1. The van der Waals surface area contributed by atoms with Crippen molar-refractivity contribution < 1.29 is 9.72 Å². The van der Waals surface area contributed by atoms with Gasteiger partial charge < -0.3 is 10.6 Å². The van der Waals surface area contributed by atoms with Crippen molar-refractivity contribution in [3.8, 4) is 0 Å². The second-order valence-corrected chi connectivity index (χ2v) is 5.06. The first-order valence-corrected chi connectivity index (χ1v) is 7.03. The Labute approximate surface area is 133 Å². The molecular formula is C15H17N5O3. The molecule has 120 valence electrons. The van der Waals surface area contributed by atoms with Crippen molar-refractivity contribution in [3.05, 3.63) is 51.8 Å². The molecule has 1 amide bonds. The molecule has 0 spiro atoms. The highest BCUT2D eigenvalue weighted by atomic mass is 16.6. The van der Waals surface area contributed by atoms with E-state index in [1.165, 1.54) is 12.3 Å². The molecular weight excluding hydrogens is 298 g/mol. The third kappa shape index (κ3) is 4.73. The molecule has 0 unspecified atom stereocenters. The lowest BCUT2D eigenvalue weighted by atomic mass is 10.2. The molecule has 0 saturated heterocycles. The van der Waals surface area contributed by atoms with Crippen LogP contribution in [0, 0.1) is 24.0 Å². The number of carbonyl (C=O) groups excluding carboxylic acids is 1. The van der Waals surface area contributed by atoms with Gasteiger partial charge in [-0.1, -0.05) is 6.07 Å². The maximum absolute atomic E-state index is 11.8. The summed E-state index contributed by atoms with van der Waals surface area (Å²) in [5.74, 6) is 0.857. The van der Waals surface area contributed by atoms with E-state index in [1.807, 2.05) is 13.0 Å². The van der Waals surface area contributed by atoms with Crippen molar-refractivity contribution in [3.63, 3.8) is 0 Å². The van der Waals surface area contributed by atoms with Crippen LogP contribution in [0.15, 0.2) is 30.6 Å². The number of pyridine rings is 2. The number of aryl methyl sites for hydroxylation is 2. The van der Waals surface area contributed by atoms with Crippen molar-refractivity contribution in [2.75, 3.05) is 17.2 Å². The van der Waals surface area contributed by atoms with Gasteiger partial charge in [-0.2, -0.15) is 0 Å². The monoisotopic (exact) mass is 315 g/mol. The summed E-state index contributed by atoms with van der Waals surface area (Å²) < 4.78 is 0. The maximum Gasteiger partial charge on any atom is 0.287 e. The van der Waals surface area contributed by atoms with E-state index in [1.54, 1.807) is 19.2 Å². The lowest BCUT2D eigenvalue weighted by molar-refractivity contribution is -0.385. The van der Waals surface area contributed by atoms with E-state index < -0.39 is 4.92 Å². The first kappa shape index (κ1) is 16.3. The standard InChI is InChI=1S/C15H17N5O3/c1-10-3-4-13(17-8-10)19-14(21)5-6-16-15-11(2)7-12(9-18-15)20(22)23/h3-4,7-9H,5-6H2,1-2H3,(H,16,18)(H,17,19,21). The number of aromatic nitrogens is 2. The molecule has 0 aliphatic heterocycles. The Bertz CT molecular complexity index is 716. The van der Waals surface area contributed by atoms with Crippen molar-refractivity contribution in [2.45, 2.75) is 20.3 Å². The quantitative estimate of drug-likeness (QED) is 0.626. The molecule has 2 aromatic rings. The number of anilines is 2. The van der Waals surface area contributed by atoms with Gasteiger partial charge >= 0.3 is 0 Å². The number of amides is 1. The molecule has 0 saturated carbocycles. The van der Waals surface area contributed by atoms with E-state index in [9.17, 15) is 14.9 Å². The Morgan fingerprint density at radius 2 is 2.04 bits per heavy atom. The first-order valence-electron chi connectivity index (χ1n) is 7.03. The lowest BCUT2D eigenvalue weighted by Crippen LogP contribution is -2.17. The highest BCUT2D eigenvalue weighted by Crippen LogP contribution is 2.17.